The van der Waals surface area contributed by atoms with Crippen molar-refractivity contribution in [3.8, 4) is 0 Å². The lowest BCUT2D eigenvalue weighted by Gasteiger charge is -2.05. The highest BCUT2D eigenvalue weighted by atomic mass is 35.5. The Labute approximate surface area is 85.1 Å². The van der Waals surface area contributed by atoms with Crippen molar-refractivity contribution in [2.45, 2.75) is 17.2 Å². The van der Waals surface area contributed by atoms with Crippen molar-refractivity contribution >= 4 is 29.3 Å². The van der Waals surface area contributed by atoms with Gasteiger partial charge in [-0.15, -0.1) is 0 Å². The summed E-state index contributed by atoms with van der Waals surface area (Å²) in [5.74, 6) is -0.869. The van der Waals surface area contributed by atoms with Crippen LogP contribution in [0.5, 0.6) is 0 Å². The summed E-state index contributed by atoms with van der Waals surface area (Å²) in [6.07, 6.45) is 1.59. The van der Waals surface area contributed by atoms with E-state index in [4.69, 9.17) is 16.7 Å². The van der Waals surface area contributed by atoms with Crippen molar-refractivity contribution < 1.29 is 9.90 Å². The number of halogens is 1. The number of pyridine rings is 1. The van der Waals surface area contributed by atoms with Crippen molar-refractivity contribution in [2.24, 2.45) is 0 Å². The summed E-state index contributed by atoms with van der Waals surface area (Å²) in [7, 11) is 0. The van der Waals surface area contributed by atoms with Crippen LogP contribution in [0.4, 0.5) is 0 Å². The first kappa shape index (κ1) is 10.3. The van der Waals surface area contributed by atoms with Crippen molar-refractivity contribution in [1.29, 1.82) is 0 Å². The van der Waals surface area contributed by atoms with Crippen LogP contribution in [0, 0.1) is 0 Å². The molecule has 1 heterocycles. The van der Waals surface area contributed by atoms with Gasteiger partial charge in [-0.3, -0.25) is 4.79 Å². The molecule has 0 radical (unpaired) electrons. The molecule has 1 unspecified atom stereocenters. The Hall–Kier alpha value is -0.740. The molecule has 5 heteroatoms. The van der Waals surface area contributed by atoms with Gasteiger partial charge in [0.1, 0.15) is 10.3 Å². The molecule has 0 aliphatic rings. The molecule has 0 amide bonds. The average molecular weight is 218 g/mol. The molecule has 0 saturated carbocycles. The van der Waals surface area contributed by atoms with Crippen molar-refractivity contribution in [2.75, 3.05) is 0 Å². The van der Waals surface area contributed by atoms with E-state index < -0.39 is 11.2 Å². The van der Waals surface area contributed by atoms with Crippen LogP contribution in [0.1, 0.15) is 6.92 Å². The predicted octanol–water partition coefficient (Wildman–Crippen LogP) is 2.30. The van der Waals surface area contributed by atoms with E-state index in [1.165, 1.54) is 0 Å². The lowest BCUT2D eigenvalue weighted by molar-refractivity contribution is -0.136. The number of nitrogens with zero attached hydrogens (tertiary/aromatic N) is 1. The Morgan fingerprint density at radius 1 is 1.77 bits per heavy atom. The minimum absolute atomic E-state index is 0.487. The highest BCUT2D eigenvalue weighted by Gasteiger charge is 2.14. The summed E-state index contributed by atoms with van der Waals surface area (Å²) in [6.45, 7) is 1.60. The highest BCUT2D eigenvalue weighted by molar-refractivity contribution is 8.00. The molecule has 0 bridgehead atoms. The van der Waals surface area contributed by atoms with Crippen LogP contribution in [0.15, 0.2) is 23.4 Å². The van der Waals surface area contributed by atoms with Crippen LogP contribution >= 0.6 is 23.4 Å². The molecule has 1 rings (SSSR count). The minimum atomic E-state index is -0.869. The number of thioether (sulfide) groups is 1. The third-order valence-corrected chi connectivity index (χ3v) is 2.88. The summed E-state index contributed by atoms with van der Waals surface area (Å²) in [5, 5.41) is 9.15. The number of aliphatic carboxylic acids is 1. The van der Waals surface area contributed by atoms with Crippen molar-refractivity contribution in [1.82, 2.24) is 4.98 Å². The van der Waals surface area contributed by atoms with E-state index in [1.54, 1.807) is 25.3 Å². The first-order valence-electron chi connectivity index (χ1n) is 3.61. The van der Waals surface area contributed by atoms with Gasteiger partial charge in [0.05, 0.1) is 5.02 Å². The molecule has 0 aliphatic carbocycles. The number of hydrogen-bond acceptors (Lipinski definition) is 3. The number of carboxylic acids is 1. The first-order valence-corrected chi connectivity index (χ1v) is 4.87. The second-order valence-electron chi connectivity index (χ2n) is 2.39. The second kappa shape index (κ2) is 4.48. The first-order chi connectivity index (χ1) is 6.11. The van der Waals surface area contributed by atoms with Gasteiger partial charge in [0.2, 0.25) is 0 Å². The van der Waals surface area contributed by atoms with E-state index in [-0.39, 0.29) is 0 Å². The van der Waals surface area contributed by atoms with Crippen molar-refractivity contribution in [3.63, 3.8) is 0 Å². The number of carboxylic acid groups (broad SMARTS) is 1. The monoisotopic (exact) mass is 217 g/mol. The molecule has 0 aliphatic heterocycles. The van der Waals surface area contributed by atoms with E-state index in [9.17, 15) is 4.79 Å². The van der Waals surface area contributed by atoms with Crippen LogP contribution in [-0.2, 0) is 4.79 Å². The smallest absolute Gasteiger partial charge is 0.316 e. The van der Waals surface area contributed by atoms with Gasteiger partial charge < -0.3 is 5.11 Å². The zero-order valence-corrected chi connectivity index (χ0v) is 8.47. The van der Waals surface area contributed by atoms with Gasteiger partial charge in [-0.25, -0.2) is 4.98 Å². The maximum Gasteiger partial charge on any atom is 0.316 e. The fraction of sp³-hybridized carbons (Fsp3) is 0.250. The molecule has 1 aromatic rings. The molecule has 3 nitrogen and oxygen atoms in total. The maximum atomic E-state index is 10.5. The van der Waals surface area contributed by atoms with Crippen LogP contribution in [-0.4, -0.2) is 21.3 Å². The fourth-order valence-corrected chi connectivity index (χ4v) is 1.67. The largest absolute Gasteiger partial charge is 0.480 e. The molecule has 0 saturated heterocycles. The van der Waals surface area contributed by atoms with Crippen molar-refractivity contribution in [3.05, 3.63) is 23.4 Å². The van der Waals surface area contributed by atoms with Gasteiger partial charge in [-0.2, -0.15) is 0 Å². The minimum Gasteiger partial charge on any atom is -0.480 e. The Morgan fingerprint density at radius 2 is 2.46 bits per heavy atom. The SMILES string of the molecule is CC(Sc1ncccc1Cl)C(=O)O. The third kappa shape index (κ3) is 2.90. The predicted molar refractivity (Wildman–Crippen MR) is 52.2 cm³/mol. The number of hydrogen-bond donors (Lipinski definition) is 1. The molecule has 1 N–H and O–H groups in total. The Kier molecular flexibility index (Phi) is 3.57. The van der Waals surface area contributed by atoms with Gasteiger partial charge >= 0.3 is 5.97 Å². The Bertz CT molecular complexity index is 319. The summed E-state index contributed by atoms with van der Waals surface area (Å²) >= 11 is 6.93. The Balaban J connectivity index is 2.74. The van der Waals surface area contributed by atoms with Crippen LogP contribution < -0.4 is 0 Å². The molecule has 1 atom stereocenters. The van der Waals surface area contributed by atoms with Gasteiger partial charge in [0.15, 0.2) is 0 Å². The lowest BCUT2D eigenvalue weighted by atomic mass is 10.5. The zero-order chi connectivity index (χ0) is 9.84. The van der Waals surface area contributed by atoms with Gasteiger partial charge in [0, 0.05) is 6.20 Å². The number of rotatable bonds is 3. The molecular weight excluding hydrogens is 210 g/mol. The maximum absolute atomic E-state index is 10.5. The molecule has 70 valence electrons. The highest BCUT2D eigenvalue weighted by Crippen LogP contribution is 2.27. The number of aromatic nitrogens is 1. The van der Waals surface area contributed by atoms with Gasteiger partial charge in [-0.1, -0.05) is 23.4 Å². The topological polar surface area (TPSA) is 50.2 Å². The van der Waals surface area contributed by atoms with Gasteiger partial charge in [0.25, 0.3) is 0 Å². The number of carbonyl (C=O) groups is 1. The molecule has 0 aromatic carbocycles. The van der Waals surface area contributed by atoms with E-state index >= 15 is 0 Å². The zero-order valence-electron chi connectivity index (χ0n) is 6.90. The Morgan fingerprint density at radius 3 is 3.00 bits per heavy atom. The van der Waals surface area contributed by atoms with E-state index in [1.807, 2.05) is 0 Å². The molecule has 0 fully saturated rings. The van der Waals surface area contributed by atoms with Gasteiger partial charge in [-0.05, 0) is 19.1 Å². The fourth-order valence-electron chi connectivity index (χ4n) is 0.676. The van der Waals surface area contributed by atoms with E-state index in [0.29, 0.717) is 10.0 Å². The molecule has 1 aromatic heterocycles. The third-order valence-electron chi connectivity index (χ3n) is 1.36. The van der Waals surface area contributed by atoms with E-state index in [2.05, 4.69) is 4.98 Å². The second-order valence-corrected chi connectivity index (χ2v) is 4.13. The van der Waals surface area contributed by atoms with Crippen LogP contribution in [0.2, 0.25) is 5.02 Å². The standard InChI is InChI=1S/C8H8ClNO2S/c1-5(8(11)12)13-7-6(9)3-2-4-10-7/h2-5H,1H3,(H,11,12). The normalized spacial score (nSPS) is 12.5. The van der Waals surface area contributed by atoms with Crippen LogP contribution in [0.25, 0.3) is 0 Å². The molecule has 13 heavy (non-hydrogen) atoms. The van der Waals surface area contributed by atoms with Crippen LogP contribution in [0.3, 0.4) is 0 Å². The summed E-state index contributed by atoms with van der Waals surface area (Å²) in [6, 6.07) is 3.39. The average Bonchev–Trinajstić information content (AvgIpc) is 2.08. The summed E-state index contributed by atoms with van der Waals surface area (Å²) < 4.78 is 0. The molecular formula is C8H8ClNO2S. The summed E-state index contributed by atoms with van der Waals surface area (Å²) in [5.41, 5.74) is 0. The quantitative estimate of drug-likeness (QED) is 0.790. The lowest BCUT2D eigenvalue weighted by Crippen LogP contribution is -2.11. The summed E-state index contributed by atoms with van der Waals surface area (Å²) in [4.78, 5) is 14.5. The van der Waals surface area contributed by atoms with E-state index in [0.717, 1.165) is 11.8 Å². The molecule has 0 spiro atoms.